The van der Waals surface area contributed by atoms with Crippen molar-refractivity contribution < 1.29 is 28.6 Å². The number of benzene rings is 1. The van der Waals surface area contributed by atoms with Gasteiger partial charge in [0.05, 0.1) is 7.11 Å². The van der Waals surface area contributed by atoms with E-state index >= 15 is 0 Å². The minimum atomic E-state index is -1.09. The van der Waals surface area contributed by atoms with Crippen LogP contribution in [-0.2, 0) is 30.5 Å². The fourth-order valence-electron chi connectivity index (χ4n) is 3.32. The van der Waals surface area contributed by atoms with E-state index in [9.17, 15) is 14.4 Å². The van der Waals surface area contributed by atoms with E-state index in [-0.39, 0.29) is 18.2 Å². The molecule has 30 heavy (non-hydrogen) atoms. The number of nitrogens with two attached hydrogens (primary N) is 1. The largest absolute Gasteiger partial charge is 0.497 e. The van der Waals surface area contributed by atoms with Crippen molar-refractivity contribution in [1.29, 1.82) is 0 Å². The summed E-state index contributed by atoms with van der Waals surface area (Å²) in [4.78, 5) is 37.5. The molecular weight excluding hydrogens is 428 g/mol. The van der Waals surface area contributed by atoms with E-state index < -0.39 is 28.3 Å². The highest BCUT2D eigenvalue weighted by Crippen LogP contribution is 2.49. The van der Waals surface area contributed by atoms with Crippen molar-refractivity contribution in [2.45, 2.75) is 36.8 Å². The summed E-state index contributed by atoms with van der Waals surface area (Å²) in [5, 5.41) is -0.392. The van der Waals surface area contributed by atoms with Crippen LogP contribution in [0.25, 0.3) is 0 Å². The topological polar surface area (TPSA) is 108 Å². The number of hydrogen-bond acceptors (Lipinski definition) is 9. The van der Waals surface area contributed by atoms with Gasteiger partial charge < -0.3 is 19.9 Å². The molecule has 2 aliphatic rings. The number of esters is 2. The molecule has 0 spiro atoms. The fraction of sp³-hybridized carbons (Fsp3) is 0.450. The molecule has 1 amide bonds. The van der Waals surface area contributed by atoms with E-state index in [2.05, 4.69) is 0 Å². The number of β-lactam (4-membered cyclic amide) rings is 1. The Morgan fingerprint density at radius 3 is 2.60 bits per heavy atom. The highest BCUT2D eigenvalue weighted by atomic mass is 32.2. The Morgan fingerprint density at radius 2 is 2.03 bits per heavy atom. The third kappa shape index (κ3) is 4.03. The molecular formula is C20H24N2O6S2. The molecule has 8 nitrogen and oxygen atoms in total. The molecule has 2 aliphatic heterocycles. The quantitative estimate of drug-likeness (QED) is 0.377. The van der Waals surface area contributed by atoms with E-state index in [4.69, 9.17) is 19.9 Å². The van der Waals surface area contributed by atoms with E-state index in [1.54, 1.807) is 44.6 Å². The van der Waals surface area contributed by atoms with Crippen LogP contribution in [0.15, 0.2) is 35.5 Å². The molecule has 2 N–H and O–H groups in total. The Labute approximate surface area is 183 Å². The van der Waals surface area contributed by atoms with Gasteiger partial charge in [0.1, 0.15) is 29.5 Å². The summed E-state index contributed by atoms with van der Waals surface area (Å²) in [5.41, 5.74) is 7.65. The Balaban J connectivity index is 1.86. The van der Waals surface area contributed by atoms with Gasteiger partial charge >= 0.3 is 11.9 Å². The standard InChI is InChI=1S/C20H24N2O6S2/c1-11(28-12(2)23)15-10-30-19-20(21,29-4)18(25)22(19)16(15)17(24)27-9-13-5-7-14(26-3)8-6-13/h5-8,11,19H,9-10,21H2,1-4H3/t11?,19-,20+/m1/s1. The number of nitrogens with zero attached hydrogens (tertiary/aromatic N) is 1. The van der Waals surface area contributed by atoms with Gasteiger partial charge in [0.2, 0.25) is 0 Å². The molecule has 1 aromatic rings. The molecule has 0 radical (unpaired) electrons. The number of thioether (sulfide) groups is 2. The summed E-state index contributed by atoms with van der Waals surface area (Å²) in [6, 6.07) is 7.11. The predicted octanol–water partition coefficient (Wildman–Crippen LogP) is 1.88. The van der Waals surface area contributed by atoms with Crippen LogP contribution in [0.1, 0.15) is 19.4 Å². The summed E-state index contributed by atoms with van der Waals surface area (Å²) < 4.78 is 15.9. The molecule has 1 aromatic carbocycles. The molecule has 0 saturated carbocycles. The lowest BCUT2D eigenvalue weighted by molar-refractivity contribution is -0.153. The molecule has 2 heterocycles. The van der Waals surface area contributed by atoms with Gasteiger partial charge in [-0.15, -0.1) is 23.5 Å². The highest BCUT2D eigenvalue weighted by molar-refractivity contribution is 8.04. The number of carbonyl (C=O) groups is 3. The molecule has 1 saturated heterocycles. The van der Waals surface area contributed by atoms with Crippen LogP contribution in [-0.4, -0.2) is 58.2 Å². The molecule has 3 atom stereocenters. The fourth-order valence-corrected chi connectivity index (χ4v) is 5.80. The van der Waals surface area contributed by atoms with Crippen LogP contribution in [0.2, 0.25) is 0 Å². The average Bonchev–Trinajstić information content (AvgIpc) is 2.75. The number of carbonyl (C=O) groups excluding carboxylic acids is 3. The normalized spacial score (nSPS) is 24.0. The number of fused-ring (bicyclic) bond motifs is 1. The molecule has 162 valence electrons. The van der Waals surface area contributed by atoms with Gasteiger partial charge in [-0.25, -0.2) is 4.79 Å². The molecule has 1 unspecified atom stereocenters. The SMILES string of the molecule is COc1ccc(COC(=O)C2=C(C(C)OC(C)=O)CS[C@H]3N2C(=O)[C@]3(N)SC)cc1. The first-order chi connectivity index (χ1) is 14.2. The van der Waals surface area contributed by atoms with Gasteiger partial charge in [-0.2, -0.15) is 0 Å². The van der Waals surface area contributed by atoms with E-state index in [1.807, 2.05) is 0 Å². The number of hydrogen-bond donors (Lipinski definition) is 1. The van der Waals surface area contributed by atoms with Crippen molar-refractivity contribution >= 4 is 41.4 Å². The van der Waals surface area contributed by atoms with Crippen molar-refractivity contribution in [3.63, 3.8) is 0 Å². The zero-order valence-corrected chi connectivity index (χ0v) is 18.8. The third-order valence-electron chi connectivity index (χ3n) is 4.99. The second-order valence-electron chi connectivity index (χ2n) is 6.89. The summed E-state index contributed by atoms with van der Waals surface area (Å²) in [6.45, 7) is 2.99. The predicted molar refractivity (Wildman–Crippen MR) is 115 cm³/mol. The van der Waals surface area contributed by atoms with Gasteiger partial charge in [-0.05, 0) is 30.9 Å². The van der Waals surface area contributed by atoms with Crippen LogP contribution >= 0.6 is 23.5 Å². The Kier molecular flexibility index (Phi) is 6.68. The van der Waals surface area contributed by atoms with E-state index in [1.165, 1.54) is 35.3 Å². The molecule has 10 heteroatoms. The lowest BCUT2D eigenvalue weighted by Crippen LogP contribution is -2.76. The van der Waals surface area contributed by atoms with E-state index in [0.717, 1.165) is 5.56 Å². The maximum Gasteiger partial charge on any atom is 0.355 e. The number of rotatable bonds is 7. The van der Waals surface area contributed by atoms with Crippen molar-refractivity contribution in [2.24, 2.45) is 5.73 Å². The summed E-state index contributed by atoms with van der Waals surface area (Å²) in [5.74, 6) is -0.395. The lowest BCUT2D eigenvalue weighted by Gasteiger charge is -2.55. The molecule has 1 fully saturated rings. The van der Waals surface area contributed by atoms with Crippen LogP contribution in [0.5, 0.6) is 5.75 Å². The van der Waals surface area contributed by atoms with Crippen molar-refractivity contribution in [3.05, 3.63) is 41.1 Å². The van der Waals surface area contributed by atoms with Crippen LogP contribution in [0, 0.1) is 0 Å². The molecule has 0 bridgehead atoms. The Bertz CT molecular complexity index is 888. The lowest BCUT2D eigenvalue weighted by atomic mass is 10.0. The first kappa shape index (κ1) is 22.5. The van der Waals surface area contributed by atoms with E-state index in [0.29, 0.717) is 17.1 Å². The Hall–Kier alpha value is -2.17. The van der Waals surface area contributed by atoms with Gasteiger partial charge in [-0.3, -0.25) is 14.5 Å². The second-order valence-corrected chi connectivity index (χ2v) is 9.04. The Morgan fingerprint density at radius 1 is 1.37 bits per heavy atom. The van der Waals surface area contributed by atoms with Gasteiger partial charge in [-0.1, -0.05) is 12.1 Å². The van der Waals surface area contributed by atoms with Crippen LogP contribution in [0.3, 0.4) is 0 Å². The molecule has 3 rings (SSSR count). The van der Waals surface area contributed by atoms with Gasteiger partial charge in [0.25, 0.3) is 5.91 Å². The summed E-state index contributed by atoms with van der Waals surface area (Å²) in [6.07, 6.45) is 1.09. The first-order valence-corrected chi connectivity index (χ1v) is 11.5. The maximum absolute atomic E-state index is 13.0. The van der Waals surface area contributed by atoms with Crippen LogP contribution in [0.4, 0.5) is 0 Å². The second kappa shape index (κ2) is 8.91. The zero-order chi connectivity index (χ0) is 22.1. The summed E-state index contributed by atoms with van der Waals surface area (Å²) >= 11 is 2.69. The van der Waals surface area contributed by atoms with Gasteiger partial charge in [0.15, 0.2) is 4.87 Å². The highest BCUT2D eigenvalue weighted by Gasteiger charge is 2.63. The minimum Gasteiger partial charge on any atom is -0.497 e. The van der Waals surface area contributed by atoms with Crippen LogP contribution < -0.4 is 10.5 Å². The number of amides is 1. The average molecular weight is 453 g/mol. The van der Waals surface area contributed by atoms with Crippen molar-refractivity contribution in [3.8, 4) is 5.75 Å². The van der Waals surface area contributed by atoms with Gasteiger partial charge in [0, 0.05) is 18.2 Å². The first-order valence-electron chi connectivity index (χ1n) is 9.22. The zero-order valence-electron chi connectivity index (χ0n) is 17.2. The smallest absolute Gasteiger partial charge is 0.355 e. The van der Waals surface area contributed by atoms with Crippen molar-refractivity contribution in [1.82, 2.24) is 4.90 Å². The third-order valence-corrected chi connectivity index (χ3v) is 7.59. The molecule has 0 aromatic heterocycles. The monoisotopic (exact) mass is 452 g/mol. The minimum absolute atomic E-state index is 0.0255. The van der Waals surface area contributed by atoms with Crippen molar-refractivity contribution in [2.75, 3.05) is 19.1 Å². The summed E-state index contributed by atoms with van der Waals surface area (Å²) in [7, 11) is 1.57. The maximum atomic E-state index is 13.0. The number of ether oxygens (including phenoxy) is 3. The number of methoxy groups -OCH3 is 1. The molecule has 0 aliphatic carbocycles.